The molecule has 3 fully saturated rings. The number of amides is 2. The van der Waals surface area contributed by atoms with Gasteiger partial charge < -0.3 is 25.7 Å². The quantitative estimate of drug-likeness (QED) is 0.175. The fourth-order valence-corrected chi connectivity index (χ4v) is 7.47. The van der Waals surface area contributed by atoms with E-state index >= 15 is 0 Å². The molecule has 0 spiro atoms. The van der Waals surface area contributed by atoms with Crippen LogP contribution in [0.2, 0.25) is 0 Å². The second-order valence-corrected chi connectivity index (χ2v) is 14.7. The van der Waals surface area contributed by atoms with Crippen molar-refractivity contribution in [3.05, 3.63) is 35.9 Å². The zero-order chi connectivity index (χ0) is 29.9. The minimum Gasteiger partial charge on any atom is -0.390 e. The molecule has 42 heavy (non-hydrogen) atoms. The van der Waals surface area contributed by atoms with Crippen LogP contribution in [0, 0.1) is 23.7 Å². The molecule has 0 aliphatic heterocycles. The maximum absolute atomic E-state index is 13.8. The molecule has 3 aliphatic carbocycles. The number of hydrogen-bond acceptors (Lipinski definition) is 6. The maximum atomic E-state index is 13.8. The van der Waals surface area contributed by atoms with Crippen molar-refractivity contribution in [2.45, 2.75) is 108 Å². The summed E-state index contributed by atoms with van der Waals surface area (Å²) < 4.78 is 0. The Kier molecular flexibility index (Phi) is 13.5. The van der Waals surface area contributed by atoms with Gasteiger partial charge in [0.2, 0.25) is 11.8 Å². The van der Waals surface area contributed by atoms with E-state index in [0.717, 1.165) is 56.4 Å². The summed E-state index contributed by atoms with van der Waals surface area (Å²) >= 11 is 1.78. The predicted octanol–water partition coefficient (Wildman–Crippen LogP) is 4.40. The van der Waals surface area contributed by atoms with E-state index in [0.29, 0.717) is 49.2 Å². The van der Waals surface area contributed by atoms with Gasteiger partial charge in [-0.15, -0.1) is 0 Å². The van der Waals surface area contributed by atoms with Crippen LogP contribution in [0.25, 0.3) is 0 Å². The molecule has 2 amide bonds. The summed E-state index contributed by atoms with van der Waals surface area (Å²) in [4.78, 5) is 29.8. The fraction of sp³-hybridized carbons (Fsp3) is 0.765. The van der Waals surface area contributed by atoms with Crippen molar-refractivity contribution in [2.75, 3.05) is 32.1 Å². The van der Waals surface area contributed by atoms with Crippen LogP contribution in [0.3, 0.4) is 0 Å². The lowest BCUT2D eigenvalue weighted by Crippen LogP contribution is -2.56. The summed E-state index contributed by atoms with van der Waals surface area (Å²) in [7, 11) is 4.11. The predicted molar refractivity (Wildman–Crippen MR) is 171 cm³/mol. The molecule has 1 aromatic rings. The van der Waals surface area contributed by atoms with Crippen LogP contribution >= 0.6 is 11.8 Å². The molecule has 8 heteroatoms. The van der Waals surface area contributed by atoms with Gasteiger partial charge in [-0.2, -0.15) is 11.8 Å². The van der Waals surface area contributed by atoms with Gasteiger partial charge in [0.05, 0.1) is 18.1 Å². The average Bonchev–Trinajstić information content (AvgIpc) is 3.92. The van der Waals surface area contributed by atoms with Crippen molar-refractivity contribution in [2.24, 2.45) is 23.7 Å². The monoisotopic (exact) mass is 601 g/mol. The van der Waals surface area contributed by atoms with Crippen molar-refractivity contribution in [3.8, 4) is 0 Å². The topological polar surface area (TPSA) is 102 Å². The Bertz CT molecular complexity index is 949. The maximum Gasteiger partial charge on any atom is 0.242 e. The van der Waals surface area contributed by atoms with Crippen LogP contribution in [-0.4, -0.2) is 83.4 Å². The Morgan fingerprint density at radius 2 is 1.50 bits per heavy atom. The first-order chi connectivity index (χ1) is 20.3. The molecular formula is C34H55N3O4S. The standard InChI is InChI=1S/C34H55N3O4S/c1-37(2)17-18-42-23-28(19-24-9-5-3-6-10-24)33(40)36-30(21-26-13-14-26)34(41)35-29(20-25-11-7-4-8-12-25)32(39)31(38)22-27-15-16-27/h3,5-6,9-10,25-32,38-39H,4,7-8,11-23H2,1-2H3,(H,35,41)(H,36,40)/t28-,29+,30+,31+,32-/m1/s1. The minimum atomic E-state index is -0.993. The van der Waals surface area contributed by atoms with Crippen molar-refractivity contribution >= 4 is 23.6 Å². The molecule has 0 unspecified atom stereocenters. The van der Waals surface area contributed by atoms with Gasteiger partial charge in [0.1, 0.15) is 12.1 Å². The van der Waals surface area contributed by atoms with Gasteiger partial charge in [-0.3, -0.25) is 9.59 Å². The first kappa shape index (κ1) is 33.3. The molecule has 3 aliphatic rings. The lowest BCUT2D eigenvalue weighted by Gasteiger charge is -2.33. The summed E-state index contributed by atoms with van der Waals surface area (Å²) in [6.45, 7) is 0.953. The second kappa shape index (κ2) is 17.0. The summed E-state index contributed by atoms with van der Waals surface area (Å²) in [6.07, 6.45) is 10.9. The van der Waals surface area contributed by atoms with Crippen LogP contribution in [0.4, 0.5) is 0 Å². The van der Waals surface area contributed by atoms with Crippen molar-refractivity contribution < 1.29 is 19.8 Å². The third-order valence-electron chi connectivity index (χ3n) is 9.31. The number of benzene rings is 1. The van der Waals surface area contributed by atoms with E-state index in [1.54, 1.807) is 11.8 Å². The zero-order valence-electron chi connectivity index (χ0n) is 25.9. The minimum absolute atomic E-state index is 0.0739. The third-order valence-corrected chi connectivity index (χ3v) is 10.4. The van der Waals surface area contributed by atoms with Gasteiger partial charge in [-0.25, -0.2) is 0 Å². The lowest BCUT2D eigenvalue weighted by atomic mass is 9.82. The van der Waals surface area contributed by atoms with Crippen LogP contribution in [0.15, 0.2) is 30.3 Å². The molecule has 0 bridgehead atoms. The Balaban J connectivity index is 1.42. The second-order valence-electron chi connectivity index (χ2n) is 13.6. The van der Waals surface area contributed by atoms with Crippen molar-refractivity contribution in [3.63, 3.8) is 0 Å². The molecule has 3 saturated carbocycles. The summed E-state index contributed by atoms with van der Waals surface area (Å²) in [5.74, 6) is 2.49. The fourth-order valence-electron chi connectivity index (χ4n) is 6.26. The van der Waals surface area contributed by atoms with Crippen LogP contribution in [0.1, 0.15) is 82.6 Å². The Morgan fingerprint density at radius 1 is 0.857 bits per heavy atom. The van der Waals surface area contributed by atoms with E-state index in [1.807, 2.05) is 18.2 Å². The highest BCUT2D eigenvalue weighted by Crippen LogP contribution is 2.36. The van der Waals surface area contributed by atoms with Gasteiger partial charge in [0.15, 0.2) is 0 Å². The number of carbonyl (C=O) groups excluding carboxylic acids is 2. The number of carbonyl (C=O) groups is 2. The van der Waals surface area contributed by atoms with Crippen molar-refractivity contribution in [1.29, 1.82) is 0 Å². The van der Waals surface area contributed by atoms with Gasteiger partial charge in [0, 0.05) is 18.1 Å². The van der Waals surface area contributed by atoms with E-state index in [-0.39, 0.29) is 17.7 Å². The average molecular weight is 602 g/mol. The lowest BCUT2D eigenvalue weighted by molar-refractivity contribution is -0.132. The summed E-state index contributed by atoms with van der Waals surface area (Å²) in [5.41, 5.74) is 1.12. The number of aliphatic hydroxyl groups excluding tert-OH is 2. The van der Waals surface area contributed by atoms with E-state index < -0.39 is 24.3 Å². The first-order valence-electron chi connectivity index (χ1n) is 16.5. The Hall–Kier alpha value is -1.61. The Labute approximate surface area is 258 Å². The highest BCUT2D eigenvalue weighted by Gasteiger charge is 2.37. The van der Waals surface area contributed by atoms with Crippen LogP contribution in [0.5, 0.6) is 0 Å². The molecule has 0 radical (unpaired) electrons. The largest absolute Gasteiger partial charge is 0.390 e. The van der Waals surface area contributed by atoms with E-state index in [2.05, 4.69) is 41.8 Å². The van der Waals surface area contributed by atoms with E-state index in [1.165, 1.54) is 19.3 Å². The molecule has 5 atom stereocenters. The Morgan fingerprint density at radius 3 is 2.14 bits per heavy atom. The third kappa shape index (κ3) is 11.8. The number of aliphatic hydroxyl groups is 2. The SMILES string of the molecule is CN(C)CCSC[C@@H](Cc1ccccc1)C(=O)N[C@@H](CC1CC1)C(=O)N[C@@H](CC1CCCCC1)[C@@H](O)[C@@H](O)CC1CC1. The number of hydrogen-bond donors (Lipinski definition) is 4. The van der Waals surface area contributed by atoms with Gasteiger partial charge in [-0.1, -0.05) is 88.1 Å². The van der Waals surface area contributed by atoms with Crippen LogP contribution < -0.4 is 10.6 Å². The zero-order valence-corrected chi connectivity index (χ0v) is 26.7. The first-order valence-corrected chi connectivity index (χ1v) is 17.7. The number of thioether (sulfide) groups is 1. The smallest absolute Gasteiger partial charge is 0.242 e. The van der Waals surface area contributed by atoms with Crippen LogP contribution in [-0.2, 0) is 16.0 Å². The normalized spacial score (nSPS) is 21.4. The molecular weight excluding hydrogens is 546 g/mol. The molecule has 4 rings (SSSR count). The highest BCUT2D eigenvalue weighted by atomic mass is 32.2. The van der Waals surface area contributed by atoms with Gasteiger partial charge in [0.25, 0.3) is 0 Å². The molecule has 7 nitrogen and oxygen atoms in total. The van der Waals surface area contributed by atoms with E-state index in [4.69, 9.17) is 0 Å². The van der Waals surface area contributed by atoms with Gasteiger partial charge >= 0.3 is 0 Å². The summed E-state index contributed by atoms with van der Waals surface area (Å²) in [6, 6.07) is 8.98. The molecule has 1 aromatic carbocycles. The van der Waals surface area contributed by atoms with Crippen molar-refractivity contribution in [1.82, 2.24) is 15.5 Å². The van der Waals surface area contributed by atoms with Gasteiger partial charge in [-0.05, 0) is 63.1 Å². The molecule has 4 N–H and O–H groups in total. The van der Waals surface area contributed by atoms with E-state index in [9.17, 15) is 19.8 Å². The highest BCUT2D eigenvalue weighted by molar-refractivity contribution is 7.99. The summed E-state index contributed by atoms with van der Waals surface area (Å²) in [5, 5.41) is 28.4. The molecule has 0 saturated heterocycles. The molecule has 0 heterocycles. The number of nitrogens with zero attached hydrogens (tertiary/aromatic N) is 1. The number of rotatable bonds is 19. The molecule has 236 valence electrons. The molecule has 0 aromatic heterocycles. The number of nitrogens with one attached hydrogen (secondary N) is 2.